The Bertz CT molecular complexity index is 184. The number of nitrogens with zero attached hydrogens (tertiary/aromatic N) is 2. The fraction of sp³-hybridized carbons (Fsp3) is 0.667. The SMILES string of the molecule is C1=NC(SSC2N=CCS2)SC1. The summed E-state index contributed by atoms with van der Waals surface area (Å²) in [6.07, 6.45) is 3.99. The molecule has 2 unspecified atom stereocenters. The second-order valence-electron chi connectivity index (χ2n) is 2.14. The molecule has 2 nitrogen and oxygen atoms in total. The van der Waals surface area contributed by atoms with Crippen LogP contribution in [-0.4, -0.2) is 33.3 Å². The summed E-state index contributed by atoms with van der Waals surface area (Å²) in [5, 5.41) is 0. The highest BCUT2D eigenvalue weighted by Crippen LogP contribution is 2.43. The van der Waals surface area contributed by atoms with E-state index in [1.807, 2.05) is 57.5 Å². The predicted octanol–water partition coefficient (Wildman–Crippen LogP) is 2.57. The molecular weight excluding hydrogens is 228 g/mol. The lowest BCUT2D eigenvalue weighted by Gasteiger charge is -2.07. The van der Waals surface area contributed by atoms with Gasteiger partial charge < -0.3 is 0 Å². The highest BCUT2D eigenvalue weighted by Gasteiger charge is 2.17. The quantitative estimate of drug-likeness (QED) is 0.703. The highest BCUT2D eigenvalue weighted by molar-refractivity contribution is 8.80. The first-order valence-electron chi connectivity index (χ1n) is 3.54. The summed E-state index contributed by atoms with van der Waals surface area (Å²) in [4.78, 5) is 8.63. The van der Waals surface area contributed by atoms with Crippen LogP contribution in [0.3, 0.4) is 0 Å². The molecule has 0 fully saturated rings. The summed E-state index contributed by atoms with van der Waals surface area (Å²) in [6.45, 7) is 0. The van der Waals surface area contributed by atoms with Gasteiger partial charge in [0.2, 0.25) is 0 Å². The molecule has 0 saturated carbocycles. The van der Waals surface area contributed by atoms with Gasteiger partial charge in [-0.2, -0.15) is 0 Å². The summed E-state index contributed by atoms with van der Waals surface area (Å²) in [5.74, 6) is 2.14. The van der Waals surface area contributed by atoms with Gasteiger partial charge in [0.15, 0.2) is 9.41 Å². The molecule has 0 aromatic rings. The molecule has 66 valence electrons. The van der Waals surface area contributed by atoms with Crippen LogP contribution >= 0.6 is 45.1 Å². The van der Waals surface area contributed by atoms with Crippen molar-refractivity contribution in [2.45, 2.75) is 9.41 Å². The monoisotopic (exact) mass is 236 g/mol. The Morgan fingerprint density at radius 3 is 1.83 bits per heavy atom. The molecule has 0 aliphatic carbocycles. The Balaban J connectivity index is 1.67. The van der Waals surface area contributed by atoms with Gasteiger partial charge in [0.05, 0.1) is 0 Å². The summed E-state index contributed by atoms with van der Waals surface area (Å²) in [6, 6.07) is 0. The molecule has 0 spiro atoms. The normalized spacial score (nSPS) is 33.3. The van der Waals surface area contributed by atoms with Crippen molar-refractivity contribution in [1.29, 1.82) is 0 Å². The van der Waals surface area contributed by atoms with Gasteiger partial charge in [0, 0.05) is 23.9 Å². The number of hydrogen-bond donors (Lipinski definition) is 0. The van der Waals surface area contributed by atoms with Crippen molar-refractivity contribution in [3.63, 3.8) is 0 Å². The van der Waals surface area contributed by atoms with E-state index in [-0.39, 0.29) is 0 Å². The lowest BCUT2D eigenvalue weighted by atomic mass is 10.9. The molecule has 2 rings (SSSR count). The average molecular weight is 236 g/mol. The van der Waals surface area contributed by atoms with Crippen molar-refractivity contribution < 1.29 is 0 Å². The van der Waals surface area contributed by atoms with Gasteiger partial charge in [-0.15, -0.1) is 23.5 Å². The molecule has 2 aliphatic heterocycles. The van der Waals surface area contributed by atoms with Gasteiger partial charge in [-0.1, -0.05) is 21.6 Å². The van der Waals surface area contributed by atoms with Crippen LogP contribution in [0.4, 0.5) is 0 Å². The largest absolute Gasteiger partial charge is 0.271 e. The number of aliphatic imine (C=N–C) groups is 2. The van der Waals surface area contributed by atoms with E-state index >= 15 is 0 Å². The van der Waals surface area contributed by atoms with Crippen molar-refractivity contribution in [2.24, 2.45) is 9.98 Å². The van der Waals surface area contributed by atoms with Crippen molar-refractivity contribution in [3.8, 4) is 0 Å². The molecule has 0 bridgehead atoms. The third kappa shape index (κ3) is 2.61. The van der Waals surface area contributed by atoms with E-state index in [4.69, 9.17) is 0 Å². The summed E-state index contributed by atoms with van der Waals surface area (Å²) >= 11 is 3.77. The van der Waals surface area contributed by atoms with E-state index in [1.54, 1.807) is 0 Å². The topological polar surface area (TPSA) is 24.7 Å². The maximum Gasteiger partial charge on any atom is 0.151 e. The molecule has 0 radical (unpaired) electrons. The van der Waals surface area contributed by atoms with Crippen molar-refractivity contribution >= 4 is 57.5 Å². The van der Waals surface area contributed by atoms with Crippen LogP contribution in [0.1, 0.15) is 0 Å². The Hall–Kier alpha value is 0.740. The second-order valence-corrected chi connectivity index (χ2v) is 7.39. The first-order valence-corrected chi connectivity index (χ1v) is 7.91. The maximum absolute atomic E-state index is 4.32. The lowest BCUT2D eigenvalue weighted by molar-refractivity contribution is 1.34. The molecule has 2 aliphatic rings. The fourth-order valence-electron chi connectivity index (χ4n) is 0.795. The van der Waals surface area contributed by atoms with Gasteiger partial charge in [-0.3, -0.25) is 9.98 Å². The van der Waals surface area contributed by atoms with Crippen LogP contribution in [0, 0.1) is 0 Å². The number of hydrogen-bond acceptors (Lipinski definition) is 6. The predicted molar refractivity (Wildman–Crippen MR) is 64.7 cm³/mol. The van der Waals surface area contributed by atoms with E-state index in [2.05, 4.69) is 9.98 Å². The molecule has 2 atom stereocenters. The van der Waals surface area contributed by atoms with Crippen molar-refractivity contribution in [1.82, 2.24) is 0 Å². The molecular formula is C6H8N2S4. The minimum atomic E-state index is 0.409. The summed E-state index contributed by atoms with van der Waals surface area (Å²) in [7, 11) is 3.66. The smallest absolute Gasteiger partial charge is 0.151 e. The van der Waals surface area contributed by atoms with Gasteiger partial charge in [0.1, 0.15) is 0 Å². The van der Waals surface area contributed by atoms with E-state index in [1.165, 1.54) is 0 Å². The Labute approximate surface area is 88.2 Å². The van der Waals surface area contributed by atoms with Crippen molar-refractivity contribution in [3.05, 3.63) is 0 Å². The number of thioether (sulfide) groups is 2. The maximum atomic E-state index is 4.32. The minimum Gasteiger partial charge on any atom is -0.271 e. The summed E-state index contributed by atoms with van der Waals surface area (Å²) in [5.41, 5.74) is 0. The van der Waals surface area contributed by atoms with Crippen LogP contribution in [0.25, 0.3) is 0 Å². The van der Waals surface area contributed by atoms with Crippen LogP contribution in [0.5, 0.6) is 0 Å². The standard InChI is InChI=1S/C6H8N2S4/c1-3-9-5(7-1)11-12-6-8-2-4-10-6/h1-2,5-6H,3-4H2. The molecule has 2 heterocycles. The fourth-order valence-corrected chi connectivity index (χ4v) is 5.88. The Morgan fingerprint density at radius 2 is 1.50 bits per heavy atom. The van der Waals surface area contributed by atoms with Crippen LogP contribution in [0.2, 0.25) is 0 Å². The van der Waals surface area contributed by atoms with Crippen molar-refractivity contribution in [2.75, 3.05) is 11.5 Å². The highest BCUT2D eigenvalue weighted by atomic mass is 33.1. The van der Waals surface area contributed by atoms with E-state index in [9.17, 15) is 0 Å². The third-order valence-electron chi connectivity index (χ3n) is 1.30. The molecule has 0 aromatic carbocycles. The van der Waals surface area contributed by atoms with Gasteiger partial charge in [0.25, 0.3) is 0 Å². The Morgan fingerprint density at radius 1 is 1.00 bits per heavy atom. The average Bonchev–Trinajstić information content (AvgIpc) is 2.74. The van der Waals surface area contributed by atoms with Gasteiger partial charge in [-0.25, -0.2) is 0 Å². The second kappa shape index (κ2) is 4.83. The van der Waals surface area contributed by atoms with Gasteiger partial charge >= 0.3 is 0 Å². The first kappa shape index (κ1) is 9.30. The zero-order valence-electron chi connectivity index (χ0n) is 6.25. The molecule has 12 heavy (non-hydrogen) atoms. The third-order valence-corrected chi connectivity index (χ3v) is 7.03. The molecule has 0 amide bonds. The minimum absolute atomic E-state index is 0.409. The molecule has 0 N–H and O–H groups in total. The first-order chi connectivity index (χ1) is 5.95. The Kier molecular flexibility index (Phi) is 3.75. The molecule has 0 aromatic heterocycles. The van der Waals surface area contributed by atoms with E-state index in [0.29, 0.717) is 9.41 Å². The molecule has 0 saturated heterocycles. The zero-order chi connectivity index (χ0) is 8.23. The number of rotatable bonds is 3. The van der Waals surface area contributed by atoms with Crippen LogP contribution in [-0.2, 0) is 0 Å². The van der Waals surface area contributed by atoms with Gasteiger partial charge in [-0.05, 0) is 0 Å². The van der Waals surface area contributed by atoms with E-state index < -0.39 is 0 Å². The lowest BCUT2D eigenvalue weighted by Crippen LogP contribution is -1.87. The van der Waals surface area contributed by atoms with E-state index in [0.717, 1.165) is 11.5 Å². The zero-order valence-corrected chi connectivity index (χ0v) is 9.52. The molecule has 6 heteroatoms. The van der Waals surface area contributed by atoms with Crippen LogP contribution in [0.15, 0.2) is 9.98 Å². The summed E-state index contributed by atoms with van der Waals surface area (Å²) < 4.78 is 0.817. The van der Waals surface area contributed by atoms with Crippen LogP contribution < -0.4 is 0 Å².